The molecule has 76 valence electrons. The van der Waals surface area contributed by atoms with Crippen LogP contribution >= 0.6 is 0 Å². The number of rotatable bonds is 2. The van der Waals surface area contributed by atoms with E-state index >= 15 is 0 Å². The largest absolute Gasteiger partial charge is 0.309 e. The van der Waals surface area contributed by atoms with Crippen molar-refractivity contribution in [3.63, 3.8) is 0 Å². The summed E-state index contributed by atoms with van der Waals surface area (Å²) in [6.07, 6.45) is 3.99. The second-order valence-corrected chi connectivity index (χ2v) is 4.55. The molecule has 0 bridgehead atoms. The number of nitrogens with zero attached hydrogens (tertiary/aromatic N) is 1. The molecule has 1 aromatic carbocycles. The highest BCUT2D eigenvalue weighted by Crippen LogP contribution is 2.31. The fourth-order valence-electron chi connectivity index (χ4n) is 2.48. The Labute approximate surface area is 86.7 Å². The maximum absolute atomic E-state index is 2.31. The van der Waals surface area contributed by atoms with Crippen LogP contribution in [-0.2, 0) is 6.42 Å². The summed E-state index contributed by atoms with van der Waals surface area (Å²) in [5.74, 6) is 0.759. The first kappa shape index (κ1) is 9.72. The lowest BCUT2D eigenvalue weighted by Gasteiger charge is -2.27. The Morgan fingerprint density at radius 3 is 2.86 bits per heavy atom. The quantitative estimate of drug-likeness (QED) is 0.691. The van der Waals surface area contributed by atoms with Crippen molar-refractivity contribution in [1.82, 2.24) is 4.90 Å². The number of likely N-dealkylation sites (N-methyl/N-ethyl adjacent to an activating group) is 1. The number of fused-ring (bicyclic) bond motifs is 1. The minimum absolute atomic E-state index is 0.759. The molecule has 1 aromatic rings. The molecule has 1 heteroatoms. The summed E-state index contributed by atoms with van der Waals surface area (Å²) in [6.45, 7) is 1.19. The molecule has 0 saturated carbocycles. The van der Waals surface area contributed by atoms with E-state index < -0.39 is 0 Å². The minimum Gasteiger partial charge on any atom is -0.309 e. The summed E-state index contributed by atoms with van der Waals surface area (Å²) in [5.41, 5.74) is 3.16. The van der Waals surface area contributed by atoms with Gasteiger partial charge in [0.25, 0.3) is 0 Å². The summed E-state index contributed by atoms with van der Waals surface area (Å²) in [7, 11) is 4.33. The maximum Gasteiger partial charge on any atom is 0.00443 e. The topological polar surface area (TPSA) is 3.24 Å². The van der Waals surface area contributed by atoms with E-state index in [2.05, 4.69) is 43.3 Å². The normalized spacial score (nSPS) is 20.9. The van der Waals surface area contributed by atoms with Crippen LogP contribution in [0.5, 0.6) is 0 Å². The van der Waals surface area contributed by atoms with Gasteiger partial charge in [-0.05, 0) is 50.4 Å². The Morgan fingerprint density at radius 1 is 1.29 bits per heavy atom. The zero-order valence-corrected chi connectivity index (χ0v) is 9.16. The predicted octanol–water partition coefficient (Wildman–Crippen LogP) is 2.67. The molecule has 0 saturated heterocycles. The summed E-state index contributed by atoms with van der Waals surface area (Å²) in [4.78, 5) is 2.30. The molecule has 1 unspecified atom stereocenters. The average molecular weight is 189 g/mol. The molecule has 1 nitrogen and oxygen atoms in total. The van der Waals surface area contributed by atoms with Gasteiger partial charge >= 0.3 is 0 Å². The third-order valence-corrected chi connectivity index (χ3v) is 3.08. The Bertz CT molecular complexity index is 304. The van der Waals surface area contributed by atoms with E-state index in [0.717, 1.165) is 5.92 Å². The van der Waals surface area contributed by atoms with Crippen molar-refractivity contribution in [1.29, 1.82) is 0 Å². The van der Waals surface area contributed by atoms with E-state index in [1.165, 1.54) is 25.8 Å². The van der Waals surface area contributed by atoms with E-state index in [9.17, 15) is 0 Å². The van der Waals surface area contributed by atoms with Crippen molar-refractivity contribution < 1.29 is 0 Å². The lowest BCUT2D eigenvalue weighted by molar-refractivity contribution is 0.352. The Morgan fingerprint density at radius 2 is 2.07 bits per heavy atom. The number of aryl methyl sites for hydroxylation is 1. The maximum atomic E-state index is 2.31. The first-order chi connectivity index (χ1) is 6.77. The van der Waals surface area contributed by atoms with Gasteiger partial charge in [-0.25, -0.2) is 0 Å². The Hall–Kier alpha value is -0.820. The van der Waals surface area contributed by atoms with Gasteiger partial charge in [0.2, 0.25) is 0 Å². The molecule has 0 aliphatic heterocycles. The third-order valence-electron chi connectivity index (χ3n) is 3.08. The summed E-state index contributed by atoms with van der Waals surface area (Å²) < 4.78 is 0. The van der Waals surface area contributed by atoms with Crippen molar-refractivity contribution in [2.75, 3.05) is 20.6 Å². The van der Waals surface area contributed by atoms with Gasteiger partial charge in [0.1, 0.15) is 0 Å². The van der Waals surface area contributed by atoms with Crippen LogP contribution in [0.2, 0.25) is 0 Å². The predicted molar refractivity (Wildman–Crippen MR) is 60.7 cm³/mol. The highest BCUT2D eigenvalue weighted by molar-refractivity contribution is 5.32. The van der Waals surface area contributed by atoms with Gasteiger partial charge in [-0.2, -0.15) is 0 Å². The number of hydrogen-bond acceptors (Lipinski definition) is 1. The molecular formula is C13H19N. The van der Waals surface area contributed by atoms with Crippen molar-refractivity contribution >= 4 is 0 Å². The third kappa shape index (κ3) is 1.98. The highest BCUT2D eigenvalue weighted by Gasteiger charge is 2.19. The van der Waals surface area contributed by atoms with Gasteiger partial charge in [-0.1, -0.05) is 24.3 Å². The number of hydrogen-bond donors (Lipinski definition) is 0. The van der Waals surface area contributed by atoms with Crippen molar-refractivity contribution in [2.45, 2.75) is 25.2 Å². The summed E-state index contributed by atoms with van der Waals surface area (Å²) in [5, 5.41) is 0. The van der Waals surface area contributed by atoms with E-state index in [1.807, 2.05) is 0 Å². The highest BCUT2D eigenvalue weighted by atomic mass is 15.1. The van der Waals surface area contributed by atoms with E-state index in [1.54, 1.807) is 11.1 Å². The van der Waals surface area contributed by atoms with Crippen LogP contribution in [0.15, 0.2) is 24.3 Å². The SMILES string of the molecule is CN(C)CC1CCCc2ccccc21. The standard InChI is InChI=1S/C13H19N/c1-14(2)10-12-8-5-7-11-6-3-4-9-13(11)12/h3-4,6,9,12H,5,7-8,10H2,1-2H3. The summed E-state index contributed by atoms with van der Waals surface area (Å²) in [6, 6.07) is 8.93. The van der Waals surface area contributed by atoms with Crippen LogP contribution in [0.3, 0.4) is 0 Å². The van der Waals surface area contributed by atoms with Crippen molar-refractivity contribution in [2.24, 2.45) is 0 Å². The van der Waals surface area contributed by atoms with E-state index in [4.69, 9.17) is 0 Å². The molecule has 0 spiro atoms. The first-order valence-electron chi connectivity index (χ1n) is 5.50. The lowest BCUT2D eigenvalue weighted by Crippen LogP contribution is -2.23. The molecule has 0 amide bonds. The van der Waals surface area contributed by atoms with Gasteiger partial charge in [-0.15, -0.1) is 0 Å². The summed E-state index contributed by atoms with van der Waals surface area (Å²) >= 11 is 0. The molecule has 0 fully saturated rings. The van der Waals surface area contributed by atoms with Crippen LogP contribution in [0.4, 0.5) is 0 Å². The monoisotopic (exact) mass is 189 g/mol. The van der Waals surface area contributed by atoms with Crippen LogP contribution in [0, 0.1) is 0 Å². The van der Waals surface area contributed by atoms with Gasteiger partial charge in [0.05, 0.1) is 0 Å². The molecule has 0 N–H and O–H groups in total. The van der Waals surface area contributed by atoms with Crippen LogP contribution in [0.25, 0.3) is 0 Å². The zero-order chi connectivity index (χ0) is 9.97. The molecule has 0 heterocycles. The fraction of sp³-hybridized carbons (Fsp3) is 0.538. The fourth-order valence-corrected chi connectivity index (χ4v) is 2.48. The molecule has 1 aliphatic carbocycles. The van der Waals surface area contributed by atoms with E-state index in [0.29, 0.717) is 0 Å². The zero-order valence-electron chi connectivity index (χ0n) is 9.16. The van der Waals surface area contributed by atoms with Crippen LogP contribution in [0.1, 0.15) is 29.9 Å². The molecule has 1 atom stereocenters. The Kier molecular flexibility index (Phi) is 2.87. The molecular weight excluding hydrogens is 170 g/mol. The molecule has 1 aliphatic rings. The average Bonchev–Trinajstić information content (AvgIpc) is 2.18. The van der Waals surface area contributed by atoms with Crippen molar-refractivity contribution in [3.8, 4) is 0 Å². The van der Waals surface area contributed by atoms with E-state index in [-0.39, 0.29) is 0 Å². The lowest BCUT2D eigenvalue weighted by atomic mass is 9.83. The van der Waals surface area contributed by atoms with Gasteiger partial charge in [0.15, 0.2) is 0 Å². The van der Waals surface area contributed by atoms with Crippen molar-refractivity contribution in [3.05, 3.63) is 35.4 Å². The van der Waals surface area contributed by atoms with Gasteiger partial charge in [0, 0.05) is 6.54 Å². The smallest absolute Gasteiger partial charge is 0.00443 e. The second-order valence-electron chi connectivity index (χ2n) is 4.55. The minimum atomic E-state index is 0.759. The first-order valence-corrected chi connectivity index (χ1v) is 5.50. The second kappa shape index (κ2) is 4.14. The van der Waals surface area contributed by atoms with Gasteiger partial charge < -0.3 is 4.90 Å². The molecule has 0 radical (unpaired) electrons. The molecule has 14 heavy (non-hydrogen) atoms. The molecule has 0 aromatic heterocycles. The number of benzene rings is 1. The molecule has 2 rings (SSSR count). The van der Waals surface area contributed by atoms with Gasteiger partial charge in [-0.3, -0.25) is 0 Å². The van der Waals surface area contributed by atoms with Crippen LogP contribution in [-0.4, -0.2) is 25.5 Å². The Balaban J connectivity index is 2.22. The van der Waals surface area contributed by atoms with Crippen LogP contribution < -0.4 is 0 Å².